The SMILES string of the molecule is CC(=O)N(C[C@@H]1CNC[C@@H]1F)[C@@H](c1nc(-c2cc(F)ccc2F)cn1Cc1ccccc1)C1CCOCC1. The van der Waals surface area contributed by atoms with Crippen LogP contribution >= 0.6 is 0 Å². The van der Waals surface area contributed by atoms with Crippen molar-refractivity contribution in [3.05, 3.63) is 77.8 Å². The molecule has 1 amide bonds. The minimum Gasteiger partial charge on any atom is -0.381 e. The highest BCUT2D eigenvalue weighted by Gasteiger charge is 2.39. The molecule has 9 heteroatoms. The van der Waals surface area contributed by atoms with E-state index in [1.807, 2.05) is 34.9 Å². The fraction of sp³-hybridized carbons (Fsp3) is 0.448. The van der Waals surface area contributed by atoms with Crippen LogP contribution in [0, 0.1) is 23.5 Å². The molecule has 0 bridgehead atoms. The van der Waals surface area contributed by atoms with E-state index < -0.39 is 23.8 Å². The Hall–Kier alpha value is -3.17. The molecule has 0 spiro atoms. The fourth-order valence-electron chi connectivity index (χ4n) is 5.60. The minimum absolute atomic E-state index is 0.0159. The first-order valence-corrected chi connectivity index (χ1v) is 13.2. The number of carbonyl (C=O) groups is 1. The van der Waals surface area contributed by atoms with Gasteiger partial charge in [0.15, 0.2) is 0 Å². The largest absolute Gasteiger partial charge is 0.381 e. The number of hydrogen-bond donors (Lipinski definition) is 1. The van der Waals surface area contributed by atoms with Crippen LogP contribution in [0.25, 0.3) is 11.3 Å². The molecule has 1 aromatic heterocycles. The zero-order valence-electron chi connectivity index (χ0n) is 21.5. The maximum atomic E-state index is 14.8. The van der Waals surface area contributed by atoms with Crippen molar-refractivity contribution in [2.75, 3.05) is 32.8 Å². The second kappa shape index (κ2) is 11.7. The van der Waals surface area contributed by atoms with Gasteiger partial charge in [-0.1, -0.05) is 30.3 Å². The summed E-state index contributed by atoms with van der Waals surface area (Å²) in [6.45, 7) is 4.03. The van der Waals surface area contributed by atoms with E-state index >= 15 is 0 Å². The summed E-state index contributed by atoms with van der Waals surface area (Å²) in [7, 11) is 0. The number of alkyl halides is 1. The Morgan fingerprint density at radius 3 is 2.61 bits per heavy atom. The lowest BCUT2D eigenvalue weighted by atomic mass is 9.88. The highest BCUT2D eigenvalue weighted by molar-refractivity contribution is 5.74. The first-order chi connectivity index (χ1) is 18.4. The van der Waals surface area contributed by atoms with Gasteiger partial charge in [-0.25, -0.2) is 18.2 Å². The number of nitrogens with one attached hydrogen (secondary N) is 1. The van der Waals surface area contributed by atoms with E-state index in [4.69, 9.17) is 9.72 Å². The van der Waals surface area contributed by atoms with Crippen molar-refractivity contribution in [3.8, 4) is 11.3 Å². The van der Waals surface area contributed by atoms with Crippen LogP contribution in [0.3, 0.4) is 0 Å². The molecule has 6 nitrogen and oxygen atoms in total. The second-order valence-electron chi connectivity index (χ2n) is 10.2. The molecule has 5 rings (SSSR count). The van der Waals surface area contributed by atoms with Crippen LogP contribution in [0.15, 0.2) is 54.7 Å². The van der Waals surface area contributed by atoms with Gasteiger partial charge < -0.3 is 19.5 Å². The summed E-state index contributed by atoms with van der Waals surface area (Å²) < 4.78 is 51.2. The average molecular weight is 527 g/mol. The molecule has 2 aliphatic heterocycles. The maximum absolute atomic E-state index is 14.8. The molecule has 1 N–H and O–H groups in total. The lowest BCUT2D eigenvalue weighted by Gasteiger charge is -2.39. The van der Waals surface area contributed by atoms with Gasteiger partial charge in [0.05, 0.1) is 11.7 Å². The van der Waals surface area contributed by atoms with E-state index in [2.05, 4.69) is 5.32 Å². The smallest absolute Gasteiger partial charge is 0.220 e. The van der Waals surface area contributed by atoms with Gasteiger partial charge in [0.25, 0.3) is 0 Å². The number of hydrogen-bond acceptors (Lipinski definition) is 4. The average Bonchev–Trinajstić information content (AvgIpc) is 3.52. The molecule has 0 aliphatic carbocycles. The standard InChI is InChI=1S/C29H33F3N4O2/c1-19(37)36(17-22-14-33-15-26(22)32)28(21-9-11-38-12-10-21)29-34-27(24-13-23(30)7-8-25(24)31)18-35(29)16-20-5-3-2-4-6-20/h2-8,13,18,21-22,26,28,33H,9-12,14-17H2,1H3/t22-,26-,28+/m0/s1. The predicted molar refractivity (Wildman–Crippen MR) is 138 cm³/mol. The monoisotopic (exact) mass is 526 g/mol. The van der Waals surface area contributed by atoms with Gasteiger partial charge in [-0.3, -0.25) is 4.79 Å². The van der Waals surface area contributed by atoms with Gasteiger partial charge in [0.2, 0.25) is 5.91 Å². The number of rotatable bonds is 8. The summed E-state index contributed by atoms with van der Waals surface area (Å²) in [5.41, 5.74) is 1.35. The van der Waals surface area contributed by atoms with Gasteiger partial charge >= 0.3 is 0 Å². The van der Waals surface area contributed by atoms with Crippen molar-refractivity contribution in [2.45, 2.75) is 38.5 Å². The topological polar surface area (TPSA) is 59.4 Å². The number of ether oxygens (including phenoxy) is 1. The first-order valence-electron chi connectivity index (χ1n) is 13.2. The molecular weight excluding hydrogens is 493 g/mol. The Morgan fingerprint density at radius 2 is 1.92 bits per heavy atom. The van der Waals surface area contributed by atoms with Gasteiger partial charge in [-0.05, 0) is 42.5 Å². The number of halogens is 3. The maximum Gasteiger partial charge on any atom is 0.220 e. The summed E-state index contributed by atoms with van der Waals surface area (Å²) >= 11 is 0. The molecule has 0 unspecified atom stereocenters. The van der Waals surface area contributed by atoms with E-state index in [1.165, 1.54) is 6.92 Å². The minimum atomic E-state index is -1.05. The Kier molecular flexibility index (Phi) is 8.14. The van der Waals surface area contributed by atoms with Crippen molar-refractivity contribution in [3.63, 3.8) is 0 Å². The zero-order valence-corrected chi connectivity index (χ0v) is 21.5. The van der Waals surface area contributed by atoms with Crippen LogP contribution < -0.4 is 5.32 Å². The van der Waals surface area contributed by atoms with Crippen LogP contribution in [-0.2, 0) is 16.1 Å². The lowest BCUT2D eigenvalue weighted by molar-refractivity contribution is -0.135. The third-order valence-corrected chi connectivity index (χ3v) is 7.61. The summed E-state index contributed by atoms with van der Waals surface area (Å²) in [6.07, 6.45) is 2.09. The van der Waals surface area contributed by atoms with Crippen LogP contribution in [-0.4, -0.2) is 59.4 Å². The molecule has 38 heavy (non-hydrogen) atoms. The third-order valence-electron chi connectivity index (χ3n) is 7.61. The number of imidazole rings is 1. The van der Waals surface area contributed by atoms with E-state index in [0.29, 0.717) is 50.7 Å². The molecular formula is C29H33F3N4O2. The summed E-state index contributed by atoms with van der Waals surface area (Å²) in [6, 6.07) is 12.6. The highest BCUT2D eigenvalue weighted by Crippen LogP contribution is 2.38. The van der Waals surface area contributed by atoms with Crippen LogP contribution in [0.1, 0.15) is 37.2 Å². The van der Waals surface area contributed by atoms with Gasteiger partial charge in [-0.15, -0.1) is 0 Å². The van der Waals surface area contributed by atoms with Crippen molar-refractivity contribution < 1.29 is 22.7 Å². The summed E-state index contributed by atoms with van der Waals surface area (Å²) in [5.74, 6) is -1.05. The quantitative estimate of drug-likeness (QED) is 0.460. The van der Waals surface area contributed by atoms with Gasteiger partial charge in [0.1, 0.15) is 23.6 Å². The molecule has 3 aromatic rings. The normalized spacial score (nSPS) is 20.9. The summed E-state index contributed by atoms with van der Waals surface area (Å²) in [4.78, 5) is 19.7. The Balaban J connectivity index is 1.62. The lowest BCUT2D eigenvalue weighted by Crippen LogP contribution is -2.44. The fourth-order valence-corrected chi connectivity index (χ4v) is 5.60. The van der Waals surface area contributed by atoms with Crippen LogP contribution in [0.5, 0.6) is 0 Å². The van der Waals surface area contributed by atoms with Crippen LogP contribution in [0.4, 0.5) is 13.2 Å². The Morgan fingerprint density at radius 1 is 1.16 bits per heavy atom. The molecule has 202 valence electrons. The molecule has 0 saturated carbocycles. The van der Waals surface area contributed by atoms with Crippen molar-refractivity contribution in [1.29, 1.82) is 0 Å². The molecule has 3 heterocycles. The molecule has 2 fully saturated rings. The van der Waals surface area contributed by atoms with Crippen LogP contribution in [0.2, 0.25) is 0 Å². The van der Waals surface area contributed by atoms with E-state index in [1.54, 1.807) is 11.1 Å². The zero-order chi connectivity index (χ0) is 26.6. The number of benzene rings is 2. The van der Waals surface area contributed by atoms with Crippen molar-refractivity contribution in [2.24, 2.45) is 11.8 Å². The van der Waals surface area contributed by atoms with E-state index in [0.717, 1.165) is 23.8 Å². The van der Waals surface area contributed by atoms with Gasteiger partial charge in [-0.2, -0.15) is 0 Å². The highest BCUT2D eigenvalue weighted by atomic mass is 19.1. The summed E-state index contributed by atoms with van der Waals surface area (Å²) in [5, 5.41) is 3.07. The molecule has 0 radical (unpaired) electrons. The number of amides is 1. The van der Waals surface area contributed by atoms with Gasteiger partial charge in [0, 0.05) is 64.0 Å². The number of carbonyl (C=O) groups excluding carboxylic acids is 1. The Bertz CT molecular complexity index is 1250. The number of nitrogens with zero attached hydrogens (tertiary/aromatic N) is 3. The van der Waals surface area contributed by atoms with E-state index in [-0.39, 0.29) is 36.4 Å². The van der Waals surface area contributed by atoms with E-state index in [9.17, 15) is 18.0 Å². The van der Waals surface area contributed by atoms with Crippen molar-refractivity contribution >= 4 is 5.91 Å². The third kappa shape index (κ3) is 5.78. The molecule has 3 atom stereocenters. The first kappa shape index (κ1) is 26.4. The molecule has 2 aliphatic rings. The van der Waals surface area contributed by atoms with Crippen molar-refractivity contribution in [1.82, 2.24) is 19.8 Å². The second-order valence-corrected chi connectivity index (χ2v) is 10.2. The predicted octanol–water partition coefficient (Wildman–Crippen LogP) is 4.75. The number of aromatic nitrogens is 2. The Labute approximate surface area is 220 Å². The molecule has 2 saturated heterocycles. The molecule has 2 aromatic carbocycles.